The van der Waals surface area contributed by atoms with Crippen LogP contribution < -0.4 is 15.5 Å². The maximum atomic E-state index is 13.6. The lowest BCUT2D eigenvalue weighted by Gasteiger charge is -2.18. The van der Waals surface area contributed by atoms with E-state index in [9.17, 15) is 32.3 Å². The van der Waals surface area contributed by atoms with Crippen molar-refractivity contribution in [1.29, 1.82) is 0 Å². The highest BCUT2D eigenvalue weighted by molar-refractivity contribution is 6.00. The quantitative estimate of drug-likeness (QED) is 0.437. The van der Waals surface area contributed by atoms with E-state index in [0.29, 0.717) is 11.8 Å². The SMILES string of the molecule is CCc1ccc(N2C[C@H](C(=O)O[C@H](C)C(=O)NCC(=O)Nc3ccc(F)c(F)c3F)CC2=O)cc1. The third-order valence-corrected chi connectivity index (χ3v) is 5.51. The summed E-state index contributed by atoms with van der Waals surface area (Å²) in [6.07, 6.45) is -0.486. The zero-order chi connectivity index (χ0) is 25.7. The second kappa shape index (κ2) is 11.0. The van der Waals surface area contributed by atoms with Gasteiger partial charge < -0.3 is 20.3 Å². The molecule has 3 amide bonds. The summed E-state index contributed by atoms with van der Waals surface area (Å²) in [7, 11) is 0. The van der Waals surface area contributed by atoms with Crippen LogP contribution in [0, 0.1) is 23.4 Å². The van der Waals surface area contributed by atoms with Gasteiger partial charge in [0.2, 0.25) is 11.8 Å². The molecule has 2 aromatic rings. The predicted molar refractivity (Wildman–Crippen MR) is 120 cm³/mol. The smallest absolute Gasteiger partial charge is 0.312 e. The van der Waals surface area contributed by atoms with Crippen LogP contribution in [0.5, 0.6) is 0 Å². The first kappa shape index (κ1) is 25.7. The molecule has 3 rings (SSSR count). The zero-order valence-corrected chi connectivity index (χ0v) is 19.1. The first-order valence-corrected chi connectivity index (χ1v) is 10.9. The topological polar surface area (TPSA) is 105 Å². The number of benzene rings is 2. The average molecular weight is 491 g/mol. The van der Waals surface area contributed by atoms with Crippen molar-refractivity contribution in [3.63, 3.8) is 0 Å². The van der Waals surface area contributed by atoms with Crippen LogP contribution in [0.4, 0.5) is 24.5 Å². The molecule has 11 heteroatoms. The first-order valence-electron chi connectivity index (χ1n) is 10.9. The molecule has 0 aliphatic carbocycles. The molecule has 0 bridgehead atoms. The summed E-state index contributed by atoms with van der Waals surface area (Å²) in [5.41, 5.74) is 1.18. The van der Waals surface area contributed by atoms with Crippen molar-refractivity contribution in [2.45, 2.75) is 32.8 Å². The maximum Gasteiger partial charge on any atom is 0.312 e. The Morgan fingerprint density at radius 2 is 1.77 bits per heavy atom. The minimum absolute atomic E-state index is 0.0646. The number of nitrogens with one attached hydrogen (secondary N) is 2. The molecule has 0 aromatic heterocycles. The van der Waals surface area contributed by atoms with Gasteiger partial charge in [-0.25, -0.2) is 13.2 Å². The standard InChI is InChI=1S/C24H24F3N3O5/c1-3-14-4-6-16(7-5-14)30-12-15(10-20(30)32)24(34)35-13(2)23(33)28-11-19(31)29-18-9-8-17(25)21(26)22(18)27/h4-9,13,15H,3,10-12H2,1-2H3,(H,28,33)(H,29,31)/t13-,15-/m1/s1. The number of rotatable bonds is 8. The first-order chi connectivity index (χ1) is 16.6. The summed E-state index contributed by atoms with van der Waals surface area (Å²) in [5, 5.41) is 4.21. The Kier molecular flexibility index (Phi) is 8.10. The number of aryl methyl sites for hydroxylation is 1. The molecule has 35 heavy (non-hydrogen) atoms. The van der Waals surface area contributed by atoms with Gasteiger partial charge in [0.15, 0.2) is 23.6 Å². The molecule has 1 aliphatic rings. The normalized spacial score (nSPS) is 16.1. The van der Waals surface area contributed by atoms with E-state index in [0.717, 1.165) is 18.1 Å². The fraction of sp³-hybridized carbons (Fsp3) is 0.333. The van der Waals surface area contributed by atoms with Crippen LogP contribution in [0.1, 0.15) is 25.8 Å². The van der Waals surface area contributed by atoms with E-state index in [2.05, 4.69) is 5.32 Å². The van der Waals surface area contributed by atoms with Crippen LogP contribution in [0.15, 0.2) is 36.4 Å². The Bertz CT molecular complexity index is 1140. The predicted octanol–water partition coefficient (Wildman–Crippen LogP) is 2.71. The van der Waals surface area contributed by atoms with Gasteiger partial charge in [-0.2, -0.15) is 0 Å². The van der Waals surface area contributed by atoms with Crippen LogP contribution in [-0.2, 0) is 30.3 Å². The number of amides is 3. The monoisotopic (exact) mass is 491 g/mol. The molecule has 1 heterocycles. The molecule has 8 nitrogen and oxygen atoms in total. The molecule has 0 radical (unpaired) electrons. The van der Waals surface area contributed by atoms with Crippen molar-refractivity contribution < 1.29 is 37.1 Å². The molecule has 186 valence electrons. The van der Waals surface area contributed by atoms with Gasteiger partial charge in [-0.05, 0) is 43.2 Å². The molecule has 2 N–H and O–H groups in total. The van der Waals surface area contributed by atoms with Crippen molar-refractivity contribution >= 4 is 35.1 Å². The van der Waals surface area contributed by atoms with Crippen molar-refractivity contribution in [2.24, 2.45) is 5.92 Å². The van der Waals surface area contributed by atoms with Crippen LogP contribution in [0.2, 0.25) is 0 Å². The summed E-state index contributed by atoms with van der Waals surface area (Å²) in [6, 6.07) is 8.89. The molecule has 2 atom stereocenters. The number of hydrogen-bond acceptors (Lipinski definition) is 5. The van der Waals surface area contributed by atoms with E-state index >= 15 is 0 Å². The molecule has 2 aromatic carbocycles. The summed E-state index contributed by atoms with van der Waals surface area (Å²) >= 11 is 0. The van der Waals surface area contributed by atoms with Crippen LogP contribution in [0.3, 0.4) is 0 Å². The molecular weight excluding hydrogens is 467 g/mol. The number of ether oxygens (including phenoxy) is 1. The lowest BCUT2D eigenvalue weighted by atomic mass is 10.1. The summed E-state index contributed by atoms with van der Waals surface area (Å²) < 4.78 is 45.0. The Balaban J connectivity index is 1.48. The minimum atomic E-state index is -1.74. The molecule has 0 saturated carbocycles. The van der Waals surface area contributed by atoms with E-state index in [1.54, 1.807) is 12.1 Å². The van der Waals surface area contributed by atoms with Gasteiger partial charge in [0.05, 0.1) is 18.2 Å². The lowest BCUT2D eigenvalue weighted by Crippen LogP contribution is -2.41. The number of carbonyl (C=O) groups is 4. The van der Waals surface area contributed by atoms with Gasteiger partial charge >= 0.3 is 5.97 Å². The average Bonchev–Trinajstić information content (AvgIpc) is 3.24. The van der Waals surface area contributed by atoms with Crippen LogP contribution >= 0.6 is 0 Å². The van der Waals surface area contributed by atoms with Crippen molar-refractivity contribution in [2.75, 3.05) is 23.3 Å². The van der Waals surface area contributed by atoms with Gasteiger partial charge in [0.25, 0.3) is 5.91 Å². The van der Waals surface area contributed by atoms with Crippen molar-refractivity contribution in [1.82, 2.24) is 5.32 Å². The van der Waals surface area contributed by atoms with Crippen LogP contribution in [-0.4, -0.2) is 42.9 Å². The zero-order valence-electron chi connectivity index (χ0n) is 19.1. The van der Waals surface area contributed by atoms with Crippen molar-refractivity contribution in [3.05, 3.63) is 59.4 Å². The summed E-state index contributed by atoms with van der Waals surface area (Å²) in [4.78, 5) is 50.5. The van der Waals surface area contributed by atoms with E-state index in [1.807, 2.05) is 24.4 Å². The fourth-order valence-corrected chi connectivity index (χ4v) is 3.48. The third-order valence-electron chi connectivity index (χ3n) is 5.51. The maximum absolute atomic E-state index is 13.6. The minimum Gasteiger partial charge on any atom is -0.452 e. The number of anilines is 2. The highest BCUT2D eigenvalue weighted by Gasteiger charge is 2.37. The molecule has 0 unspecified atom stereocenters. The fourth-order valence-electron chi connectivity index (χ4n) is 3.48. The Morgan fingerprint density at radius 1 is 1.09 bits per heavy atom. The number of carbonyl (C=O) groups excluding carboxylic acids is 4. The van der Waals surface area contributed by atoms with E-state index in [1.165, 1.54) is 11.8 Å². The Labute approximate surface area is 199 Å². The largest absolute Gasteiger partial charge is 0.452 e. The number of halogens is 3. The number of nitrogens with zero attached hydrogens (tertiary/aromatic N) is 1. The molecule has 0 spiro atoms. The molecular formula is C24H24F3N3O5. The van der Waals surface area contributed by atoms with E-state index in [4.69, 9.17) is 4.74 Å². The Morgan fingerprint density at radius 3 is 2.43 bits per heavy atom. The molecule has 1 fully saturated rings. The van der Waals surface area contributed by atoms with Gasteiger partial charge in [-0.3, -0.25) is 19.2 Å². The van der Waals surface area contributed by atoms with E-state index in [-0.39, 0.29) is 18.9 Å². The second-order valence-electron chi connectivity index (χ2n) is 7.99. The molecule has 1 aliphatic heterocycles. The van der Waals surface area contributed by atoms with Gasteiger partial charge in [0, 0.05) is 18.7 Å². The van der Waals surface area contributed by atoms with Gasteiger partial charge in [0.1, 0.15) is 0 Å². The summed E-state index contributed by atoms with van der Waals surface area (Å²) in [6.45, 7) is 2.78. The molecule has 1 saturated heterocycles. The number of esters is 1. The highest BCUT2D eigenvalue weighted by atomic mass is 19.2. The van der Waals surface area contributed by atoms with E-state index < -0.39 is 59.5 Å². The van der Waals surface area contributed by atoms with Crippen molar-refractivity contribution in [3.8, 4) is 0 Å². The van der Waals surface area contributed by atoms with Gasteiger partial charge in [-0.1, -0.05) is 19.1 Å². The summed E-state index contributed by atoms with van der Waals surface area (Å²) in [5.74, 6) is -8.18. The van der Waals surface area contributed by atoms with Gasteiger partial charge in [-0.15, -0.1) is 0 Å². The second-order valence-corrected chi connectivity index (χ2v) is 7.99. The third kappa shape index (κ3) is 6.17. The van der Waals surface area contributed by atoms with Crippen LogP contribution in [0.25, 0.3) is 0 Å². The lowest BCUT2D eigenvalue weighted by molar-refractivity contribution is -0.158. The number of hydrogen-bond donors (Lipinski definition) is 2. The highest BCUT2D eigenvalue weighted by Crippen LogP contribution is 2.26. The Hall–Kier alpha value is -3.89.